The zero-order valence-corrected chi connectivity index (χ0v) is 34.9. The van der Waals surface area contributed by atoms with E-state index in [2.05, 4.69) is 243 Å². The molecule has 0 saturated heterocycles. The predicted octanol–water partition coefficient (Wildman–Crippen LogP) is 15.0. The molecular weight excluding hydrogens is 725 g/mol. The molecule has 0 amide bonds. The van der Waals surface area contributed by atoms with Crippen LogP contribution in [-0.4, -0.2) is 0 Å². The van der Waals surface area contributed by atoms with Crippen molar-refractivity contribution in [1.29, 1.82) is 0 Å². The van der Waals surface area contributed by atoms with Gasteiger partial charge < -0.3 is 9.80 Å². The number of fused-ring (bicyclic) bond motifs is 2. The molecule has 0 aliphatic carbocycles. The van der Waals surface area contributed by atoms with Crippen molar-refractivity contribution in [2.24, 2.45) is 0 Å². The Bertz CT molecular complexity index is 2720. The van der Waals surface area contributed by atoms with Crippen LogP contribution < -0.4 is 9.80 Å². The third-order valence-electron chi connectivity index (χ3n) is 11.8. The summed E-state index contributed by atoms with van der Waals surface area (Å²) in [7, 11) is 0. The molecule has 0 aliphatic heterocycles. The summed E-state index contributed by atoms with van der Waals surface area (Å²) in [5.41, 5.74) is 14.0. The van der Waals surface area contributed by atoms with Crippen LogP contribution in [0, 0.1) is 0 Å². The van der Waals surface area contributed by atoms with E-state index in [1.807, 2.05) is 0 Å². The number of nitrogens with zero attached hydrogens (tertiary/aromatic N) is 2. The first-order valence-electron chi connectivity index (χ1n) is 21.2. The minimum atomic E-state index is -0.000876. The van der Waals surface area contributed by atoms with Gasteiger partial charge in [-0.15, -0.1) is 0 Å². The monoisotopic (exact) mass is 776 g/mol. The molecule has 0 fully saturated rings. The summed E-state index contributed by atoms with van der Waals surface area (Å²) in [5.74, 6) is 0. The van der Waals surface area contributed by atoms with Gasteiger partial charge in [-0.3, -0.25) is 0 Å². The van der Waals surface area contributed by atoms with E-state index in [0.29, 0.717) is 0 Å². The summed E-state index contributed by atoms with van der Waals surface area (Å²) >= 11 is 0. The second-order valence-corrected chi connectivity index (χ2v) is 17.1. The lowest BCUT2D eigenvalue weighted by atomic mass is 9.81. The summed E-state index contributed by atoms with van der Waals surface area (Å²) in [6.07, 6.45) is 0. The van der Waals surface area contributed by atoms with Crippen LogP contribution in [0.15, 0.2) is 212 Å². The van der Waals surface area contributed by atoms with Crippen molar-refractivity contribution in [3.05, 3.63) is 240 Å². The standard InChI is InChI=1S/C58H52N2/c1-58(2,3)49-32-37-54-55(38-49)57(48-30-35-51(36-31-48)60(41-45-22-12-6-13-23-45)42-46-24-14-7-15-25-46)53-27-17-16-26-52(53)56(54)47-28-33-50(34-29-47)59(39-43-18-8-4-9-19-43)40-44-20-10-5-11-21-44/h4-38H,39-42H2,1-3H3. The van der Waals surface area contributed by atoms with E-state index in [4.69, 9.17) is 0 Å². The van der Waals surface area contributed by atoms with Crippen LogP contribution in [0.25, 0.3) is 43.8 Å². The summed E-state index contributed by atoms with van der Waals surface area (Å²) < 4.78 is 0. The van der Waals surface area contributed by atoms with Gasteiger partial charge in [0, 0.05) is 37.6 Å². The lowest BCUT2D eigenvalue weighted by Gasteiger charge is -2.26. The van der Waals surface area contributed by atoms with Crippen LogP contribution in [0.5, 0.6) is 0 Å². The molecule has 294 valence electrons. The van der Waals surface area contributed by atoms with Gasteiger partial charge in [0.2, 0.25) is 0 Å². The molecule has 0 saturated carbocycles. The van der Waals surface area contributed by atoms with Crippen molar-refractivity contribution < 1.29 is 0 Å². The Kier molecular flexibility index (Phi) is 11.0. The lowest BCUT2D eigenvalue weighted by molar-refractivity contribution is 0.591. The maximum Gasteiger partial charge on any atom is 0.0433 e. The van der Waals surface area contributed by atoms with Gasteiger partial charge in [0.25, 0.3) is 0 Å². The second kappa shape index (κ2) is 17.1. The Morgan fingerprint density at radius 3 is 0.983 bits per heavy atom. The molecule has 0 aliphatic rings. The minimum Gasteiger partial charge on any atom is -0.363 e. The number of hydrogen-bond donors (Lipinski definition) is 0. The molecule has 0 unspecified atom stereocenters. The second-order valence-electron chi connectivity index (χ2n) is 17.1. The van der Waals surface area contributed by atoms with Crippen molar-refractivity contribution in [2.75, 3.05) is 9.80 Å². The van der Waals surface area contributed by atoms with Crippen molar-refractivity contribution in [2.45, 2.75) is 52.4 Å². The molecular formula is C58H52N2. The van der Waals surface area contributed by atoms with Gasteiger partial charge in [-0.1, -0.05) is 203 Å². The number of benzene rings is 9. The number of rotatable bonds is 12. The Morgan fingerprint density at radius 2 is 0.633 bits per heavy atom. The number of anilines is 2. The largest absolute Gasteiger partial charge is 0.363 e. The van der Waals surface area contributed by atoms with E-state index in [1.165, 1.54) is 83.0 Å². The molecule has 2 heteroatoms. The Morgan fingerprint density at radius 1 is 0.317 bits per heavy atom. The van der Waals surface area contributed by atoms with Gasteiger partial charge in [0.1, 0.15) is 0 Å². The van der Waals surface area contributed by atoms with Crippen LogP contribution in [-0.2, 0) is 31.6 Å². The van der Waals surface area contributed by atoms with Gasteiger partial charge in [0.15, 0.2) is 0 Å². The van der Waals surface area contributed by atoms with Crippen LogP contribution in [0.3, 0.4) is 0 Å². The molecule has 2 nitrogen and oxygen atoms in total. The normalized spacial score (nSPS) is 11.5. The van der Waals surface area contributed by atoms with Crippen molar-refractivity contribution in [1.82, 2.24) is 0 Å². The molecule has 0 heterocycles. The highest BCUT2D eigenvalue weighted by atomic mass is 15.1. The van der Waals surface area contributed by atoms with Gasteiger partial charge in [-0.25, -0.2) is 0 Å². The van der Waals surface area contributed by atoms with E-state index < -0.39 is 0 Å². The first-order chi connectivity index (χ1) is 29.4. The third-order valence-corrected chi connectivity index (χ3v) is 11.8. The van der Waals surface area contributed by atoms with Crippen molar-refractivity contribution in [3.8, 4) is 22.3 Å². The third kappa shape index (κ3) is 8.46. The fraction of sp³-hybridized carbons (Fsp3) is 0.138. The van der Waals surface area contributed by atoms with E-state index in [0.717, 1.165) is 26.2 Å². The highest BCUT2D eigenvalue weighted by molar-refractivity contribution is 6.21. The summed E-state index contributed by atoms with van der Waals surface area (Å²) in [6.45, 7) is 10.3. The smallest absolute Gasteiger partial charge is 0.0433 e. The zero-order valence-electron chi connectivity index (χ0n) is 34.9. The molecule has 60 heavy (non-hydrogen) atoms. The molecule has 0 aromatic heterocycles. The molecule has 0 bridgehead atoms. The first-order valence-corrected chi connectivity index (χ1v) is 21.2. The summed E-state index contributed by atoms with van der Waals surface area (Å²) in [5, 5.41) is 5.09. The number of hydrogen-bond acceptors (Lipinski definition) is 2. The zero-order chi connectivity index (χ0) is 40.9. The van der Waals surface area contributed by atoms with Gasteiger partial charge >= 0.3 is 0 Å². The average Bonchev–Trinajstić information content (AvgIpc) is 3.29. The fourth-order valence-electron chi connectivity index (χ4n) is 8.64. The highest BCUT2D eigenvalue weighted by Crippen LogP contribution is 2.45. The van der Waals surface area contributed by atoms with Crippen LogP contribution in [0.1, 0.15) is 48.6 Å². The lowest BCUT2D eigenvalue weighted by Crippen LogP contribution is -2.22. The van der Waals surface area contributed by atoms with E-state index in [1.54, 1.807) is 0 Å². The average molecular weight is 777 g/mol. The van der Waals surface area contributed by atoms with Gasteiger partial charge in [-0.2, -0.15) is 0 Å². The SMILES string of the molecule is CC(C)(C)c1ccc2c(-c3ccc(N(Cc4ccccc4)Cc4ccccc4)cc3)c3ccccc3c(-c3ccc(N(Cc4ccccc4)Cc4ccccc4)cc3)c2c1. The van der Waals surface area contributed by atoms with Crippen LogP contribution >= 0.6 is 0 Å². The van der Waals surface area contributed by atoms with Crippen molar-refractivity contribution in [3.63, 3.8) is 0 Å². The highest BCUT2D eigenvalue weighted by Gasteiger charge is 2.21. The summed E-state index contributed by atoms with van der Waals surface area (Å²) in [4.78, 5) is 4.96. The summed E-state index contributed by atoms with van der Waals surface area (Å²) in [6, 6.07) is 78.0. The van der Waals surface area contributed by atoms with Gasteiger partial charge in [0.05, 0.1) is 0 Å². The van der Waals surface area contributed by atoms with Crippen LogP contribution in [0.4, 0.5) is 11.4 Å². The molecule has 0 radical (unpaired) electrons. The Hall–Kier alpha value is -6.90. The molecule has 0 atom stereocenters. The van der Waals surface area contributed by atoms with E-state index >= 15 is 0 Å². The maximum absolute atomic E-state index is 2.48. The van der Waals surface area contributed by atoms with Crippen molar-refractivity contribution >= 4 is 32.9 Å². The molecule has 0 N–H and O–H groups in total. The topological polar surface area (TPSA) is 6.48 Å². The molecule has 9 aromatic carbocycles. The minimum absolute atomic E-state index is 0.000876. The van der Waals surface area contributed by atoms with E-state index in [-0.39, 0.29) is 5.41 Å². The Labute approximate surface area is 356 Å². The maximum atomic E-state index is 2.48. The predicted molar refractivity (Wildman–Crippen MR) is 257 cm³/mol. The Balaban J connectivity index is 1.14. The van der Waals surface area contributed by atoms with Gasteiger partial charge in [-0.05, 0) is 107 Å². The first kappa shape index (κ1) is 38.6. The quantitative estimate of drug-likeness (QED) is 0.114. The molecule has 9 rings (SSSR count). The molecule has 9 aromatic rings. The molecule has 0 spiro atoms. The van der Waals surface area contributed by atoms with Crippen LogP contribution in [0.2, 0.25) is 0 Å². The fourth-order valence-corrected chi connectivity index (χ4v) is 8.64. The van der Waals surface area contributed by atoms with E-state index in [9.17, 15) is 0 Å².